The van der Waals surface area contributed by atoms with E-state index < -0.39 is 7.63 Å². The van der Waals surface area contributed by atoms with Gasteiger partial charge in [0.2, 0.25) is 0 Å². The molecule has 1 heterocycles. The van der Waals surface area contributed by atoms with Gasteiger partial charge in [0.05, 0.1) is 0 Å². The highest BCUT2D eigenvalue weighted by atomic mass is 35.6. The van der Waals surface area contributed by atoms with Crippen LogP contribution < -0.4 is 0 Å². The molecule has 0 unspecified atom stereocenters. The van der Waals surface area contributed by atoms with Gasteiger partial charge in [0.25, 0.3) is 0 Å². The molecule has 0 saturated carbocycles. The zero-order valence-corrected chi connectivity index (χ0v) is 15.9. The molecule has 1 fully saturated rings. The molecule has 2 atom stereocenters. The molecule has 0 aromatic heterocycles. The van der Waals surface area contributed by atoms with Gasteiger partial charge in [-0.1, -0.05) is 60.7 Å². The topological polar surface area (TPSA) is 9.23 Å². The first-order chi connectivity index (χ1) is 10.9. The largest absolute Gasteiger partial charge is 0.397 e. The van der Waals surface area contributed by atoms with Crippen molar-refractivity contribution in [1.29, 1.82) is 0 Å². The Labute approximate surface area is 145 Å². The van der Waals surface area contributed by atoms with Crippen LogP contribution in [0.3, 0.4) is 0 Å². The Morgan fingerprint density at radius 3 is 1.57 bits per heavy atom. The van der Waals surface area contributed by atoms with Gasteiger partial charge in [-0.15, -0.1) is 11.1 Å². The minimum absolute atomic E-state index is 0.224. The summed E-state index contributed by atoms with van der Waals surface area (Å²) in [6.07, 6.45) is 2.21. The lowest BCUT2D eigenvalue weighted by atomic mass is 10.0. The summed E-state index contributed by atoms with van der Waals surface area (Å²) in [5.74, 6) is 0. The smallest absolute Gasteiger partial charge is 0.305 e. The Bertz CT molecular complexity index is 588. The second-order valence-electron chi connectivity index (χ2n) is 7.42. The zero-order valence-electron chi connectivity index (χ0n) is 14.1. The molecule has 1 aliphatic rings. The van der Waals surface area contributed by atoms with Gasteiger partial charge in [0, 0.05) is 16.7 Å². The molecule has 3 rings (SSSR count). The van der Waals surface area contributed by atoms with E-state index in [-0.39, 0.29) is 5.60 Å². The van der Waals surface area contributed by atoms with Crippen LogP contribution in [0.2, 0.25) is 0 Å². The third-order valence-electron chi connectivity index (χ3n) is 4.56. The molecule has 1 nitrogen and oxygen atoms in total. The Morgan fingerprint density at radius 1 is 0.826 bits per heavy atom. The van der Waals surface area contributed by atoms with E-state index in [1.807, 2.05) is 0 Å². The molecule has 2 aromatic rings. The van der Waals surface area contributed by atoms with Gasteiger partial charge in [0.1, 0.15) is 0 Å². The lowest BCUT2D eigenvalue weighted by Crippen LogP contribution is -2.47. The highest BCUT2D eigenvalue weighted by molar-refractivity contribution is 7.18. The molecule has 0 amide bonds. The van der Waals surface area contributed by atoms with Crippen molar-refractivity contribution in [3.05, 3.63) is 71.8 Å². The van der Waals surface area contributed by atoms with Crippen molar-refractivity contribution in [3.8, 4) is 0 Å². The van der Waals surface area contributed by atoms with E-state index in [0.29, 0.717) is 11.1 Å². The first-order valence-corrected chi connectivity index (χ1v) is 11.5. The second-order valence-corrected chi connectivity index (χ2v) is 12.2. The minimum Gasteiger partial charge on any atom is -0.397 e. The van der Waals surface area contributed by atoms with Crippen LogP contribution in [-0.2, 0) is 4.43 Å². The van der Waals surface area contributed by atoms with Gasteiger partial charge in [-0.05, 0) is 44.7 Å². The van der Waals surface area contributed by atoms with Gasteiger partial charge in [-0.2, -0.15) is 0 Å². The molecule has 0 N–H and O–H groups in total. The number of benzene rings is 2. The highest BCUT2D eigenvalue weighted by Gasteiger charge is 2.56. The summed E-state index contributed by atoms with van der Waals surface area (Å²) in [5.41, 5.74) is 3.12. The normalized spacial score (nSPS) is 23.8. The Balaban J connectivity index is 2.02. The maximum absolute atomic E-state index is 7.37. The molecule has 0 aliphatic carbocycles. The molecule has 1 aliphatic heterocycles. The standard InChI is InChI=1S/C20H25ClOSi/c1-20(2,3)22-23(21)18(16-10-6-4-7-11-16)14-15-19(23)17-12-8-5-9-13-17/h4-13,18-19H,14-15H2,1-3H3/t18-,19-/m0/s1. The minimum atomic E-state index is -2.49. The maximum Gasteiger partial charge on any atom is 0.305 e. The van der Waals surface area contributed by atoms with Crippen LogP contribution in [0.5, 0.6) is 0 Å². The molecular weight excluding hydrogens is 320 g/mol. The average molecular weight is 345 g/mol. The lowest BCUT2D eigenvalue weighted by molar-refractivity contribution is 0.120. The van der Waals surface area contributed by atoms with E-state index in [1.165, 1.54) is 11.1 Å². The predicted molar refractivity (Wildman–Crippen MR) is 100 cm³/mol. The van der Waals surface area contributed by atoms with Crippen molar-refractivity contribution >= 4 is 18.7 Å². The van der Waals surface area contributed by atoms with E-state index in [0.717, 1.165) is 12.8 Å². The fourth-order valence-electron chi connectivity index (χ4n) is 3.74. The fraction of sp³-hybridized carbons (Fsp3) is 0.400. The zero-order chi connectivity index (χ0) is 16.5. The Morgan fingerprint density at radius 2 is 1.22 bits per heavy atom. The van der Waals surface area contributed by atoms with Crippen molar-refractivity contribution < 1.29 is 4.43 Å². The van der Waals surface area contributed by atoms with Crippen LogP contribution in [0.25, 0.3) is 0 Å². The van der Waals surface area contributed by atoms with Crippen molar-refractivity contribution in [2.45, 2.75) is 50.3 Å². The molecule has 2 aromatic carbocycles. The predicted octanol–water partition coefficient (Wildman–Crippen LogP) is 5.92. The van der Waals surface area contributed by atoms with E-state index in [2.05, 4.69) is 81.4 Å². The number of hydrogen-bond donors (Lipinski definition) is 0. The molecular formula is C20H25ClOSi. The van der Waals surface area contributed by atoms with Gasteiger partial charge < -0.3 is 4.43 Å². The van der Waals surface area contributed by atoms with Crippen LogP contribution in [-0.4, -0.2) is 13.2 Å². The first kappa shape index (κ1) is 16.8. The SMILES string of the molecule is CC(C)(C)O[Si]1(Cl)[C@H](c2ccccc2)CC[C@H]1c1ccccc1. The fourth-order valence-corrected chi connectivity index (χ4v) is 9.97. The van der Waals surface area contributed by atoms with Gasteiger partial charge >= 0.3 is 7.63 Å². The first-order valence-electron chi connectivity index (χ1n) is 8.39. The number of rotatable bonds is 3. The lowest BCUT2D eigenvalue weighted by Gasteiger charge is -2.38. The summed E-state index contributed by atoms with van der Waals surface area (Å²) in [4.78, 5) is 0. The Hall–Kier alpha value is -1.09. The van der Waals surface area contributed by atoms with E-state index in [1.54, 1.807) is 0 Å². The van der Waals surface area contributed by atoms with Crippen LogP contribution in [0.1, 0.15) is 55.8 Å². The molecule has 3 heteroatoms. The van der Waals surface area contributed by atoms with Gasteiger partial charge in [-0.25, -0.2) is 0 Å². The van der Waals surface area contributed by atoms with Gasteiger partial charge in [0.15, 0.2) is 0 Å². The summed E-state index contributed by atoms with van der Waals surface area (Å²) in [6.45, 7) is 6.35. The van der Waals surface area contributed by atoms with Crippen molar-refractivity contribution in [3.63, 3.8) is 0 Å². The van der Waals surface area contributed by atoms with Crippen molar-refractivity contribution in [2.24, 2.45) is 0 Å². The molecule has 0 spiro atoms. The molecule has 0 radical (unpaired) electrons. The van der Waals surface area contributed by atoms with Crippen LogP contribution in [0, 0.1) is 0 Å². The van der Waals surface area contributed by atoms with E-state index in [4.69, 9.17) is 15.5 Å². The quantitative estimate of drug-likeness (QED) is 0.496. The highest BCUT2D eigenvalue weighted by Crippen LogP contribution is 2.53. The third kappa shape index (κ3) is 3.55. The monoisotopic (exact) mass is 344 g/mol. The van der Waals surface area contributed by atoms with E-state index >= 15 is 0 Å². The summed E-state index contributed by atoms with van der Waals surface area (Å²) in [6, 6.07) is 21.4. The maximum atomic E-state index is 7.37. The number of hydrogen-bond acceptors (Lipinski definition) is 1. The summed E-state index contributed by atoms with van der Waals surface area (Å²) in [5, 5.41) is 0. The Kier molecular flexibility index (Phi) is 4.68. The van der Waals surface area contributed by atoms with Crippen LogP contribution in [0.15, 0.2) is 60.7 Å². The van der Waals surface area contributed by atoms with E-state index in [9.17, 15) is 0 Å². The van der Waals surface area contributed by atoms with Crippen molar-refractivity contribution in [2.75, 3.05) is 0 Å². The summed E-state index contributed by atoms with van der Waals surface area (Å²) in [7, 11) is -2.49. The molecule has 23 heavy (non-hydrogen) atoms. The number of halogens is 1. The van der Waals surface area contributed by atoms with Crippen molar-refractivity contribution in [1.82, 2.24) is 0 Å². The molecule has 1 saturated heterocycles. The summed E-state index contributed by atoms with van der Waals surface area (Å²) >= 11 is 7.37. The average Bonchev–Trinajstić information content (AvgIpc) is 2.83. The van der Waals surface area contributed by atoms with Gasteiger partial charge in [-0.3, -0.25) is 0 Å². The van der Waals surface area contributed by atoms with Crippen LogP contribution in [0.4, 0.5) is 0 Å². The second kappa shape index (κ2) is 6.43. The van der Waals surface area contributed by atoms with Crippen LogP contribution >= 0.6 is 11.1 Å². The molecule has 0 bridgehead atoms. The summed E-state index contributed by atoms with van der Waals surface area (Å²) < 4.78 is 6.62. The third-order valence-corrected chi connectivity index (χ3v) is 10.4. The molecule has 122 valence electrons.